The van der Waals surface area contributed by atoms with Crippen LogP contribution in [0.2, 0.25) is 0 Å². The van der Waals surface area contributed by atoms with Crippen molar-refractivity contribution < 1.29 is 9.53 Å². The van der Waals surface area contributed by atoms with Crippen molar-refractivity contribution in [3.63, 3.8) is 0 Å². The highest BCUT2D eigenvalue weighted by molar-refractivity contribution is 5.90. The molecule has 2 aromatic rings. The molecule has 1 aliphatic heterocycles. The number of methoxy groups -OCH3 is 1. The Kier molecular flexibility index (Phi) is 4.42. The molecular formula is C17H23N5O2. The predicted molar refractivity (Wildman–Crippen MR) is 91.3 cm³/mol. The number of ether oxygens (including phenoxy) is 1. The number of amides is 2. The number of aromatic amines is 1. The van der Waals surface area contributed by atoms with E-state index < -0.39 is 0 Å². The number of urea groups is 1. The van der Waals surface area contributed by atoms with Crippen molar-refractivity contribution in [1.29, 1.82) is 0 Å². The van der Waals surface area contributed by atoms with E-state index in [1.165, 1.54) is 0 Å². The lowest BCUT2D eigenvalue weighted by atomic mass is 10.0. The van der Waals surface area contributed by atoms with Gasteiger partial charge in [-0.3, -0.25) is 10.4 Å². The quantitative estimate of drug-likeness (QED) is 0.906. The fraction of sp³-hybridized carbons (Fsp3) is 0.471. The minimum atomic E-state index is -0.158. The minimum absolute atomic E-state index is 0.0413. The van der Waals surface area contributed by atoms with Crippen LogP contribution >= 0.6 is 0 Å². The number of aromatic nitrogens is 3. The summed E-state index contributed by atoms with van der Waals surface area (Å²) in [5.41, 5.74) is 3.91. The summed E-state index contributed by atoms with van der Waals surface area (Å²) >= 11 is 0. The third-order valence-corrected chi connectivity index (χ3v) is 4.47. The van der Waals surface area contributed by atoms with Gasteiger partial charge in [-0.25, -0.2) is 9.78 Å². The lowest BCUT2D eigenvalue weighted by Crippen LogP contribution is -2.35. The van der Waals surface area contributed by atoms with Crippen LogP contribution in [0.1, 0.15) is 41.5 Å². The van der Waals surface area contributed by atoms with Gasteiger partial charge in [0.2, 0.25) is 0 Å². The highest BCUT2D eigenvalue weighted by atomic mass is 16.5. The molecule has 0 saturated carbocycles. The van der Waals surface area contributed by atoms with E-state index in [1.54, 1.807) is 7.11 Å². The fourth-order valence-corrected chi connectivity index (χ4v) is 3.33. The number of pyridine rings is 1. The molecule has 1 aliphatic rings. The summed E-state index contributed by atoms with van der Waals surface area (Å²) in [5.74, 6) is 1.01. The summed E-state index contributed by atoms with van der Waals surface area (Å²) in [6, 6.07) is 3.54. The SMILES string of the molecule is COc1ccc(C)nc1NC(=O)N1CCC[C@@H]1c1c(C)n[nH]c1C. The smallest absolute Gasteiger partial charge is 0.323 e. The molecule has 0 aliphatic carbocycles. The van der Waals surface area contributed by atoms with Gasteiger partial charge in [0.05, 0.1) is 18.8 Å². The third kappa shape index (κ3) is 2.93. The highest BCUT2D eigenvalue weighted by Crippen LogP contribution is 2.35. The highest BCUT2D eigenvalue weighted by Gasteiger charge is 2.33. The molecule has 128 valence electrons. The van der Waals surface area contributed by atoms with E-state index in [1.807, 2.05) is 37.8 Å². The van der Waals surface area contributed by atoms with Crippen molar-refractivity contribution in [3.05, 3.63) is 34.8 Å². The van der Waals surface area contributed by atoms with Crippen molar-refractivity contribution >= 4 is 11.8 Å². The van der Waals surface area contributed by atoms with Gasteiger partial charge in [0.1, 0.15) is 0 Å². The van der Waals surface area contributed by atoms with Crippen LogP contribution in [0.15, 0.2) is 12.1 Å². The van der Waals surface area contributed by atoms with E-state index in [4.69, 9.17) is 4.74 Å². The number of H-pyrrole nitrogens is 1. The molecule has 2 N–H and O–H groups in total. The largest absolute Gasteiger partial charge is 0.493 e. The van der Waals surface area contributed by atoms with Gasteiger partial charge >= 0.3 is 6.03 Å². The van der Waals surface area contributed by atoms with Crippen LogP contribution < -0.4 is 10.1 Å². The average Bonchev–Trinajstić information content (AvgIpc) is 3.14. The maximum Gasteiger partial charge on any atom is 0.323 e. The summed E-state index contributed by atoms with van der Waals surface area (Å²) < 4.78 is 5.29. The third-order valence-electron chi connectivity index (χ3n) is 4.47. The van der Waals surface area contributed by atoms with Crippen LogP contribution in [0, 0.1) is 20.8 Å². The molecule has 0 aromatic carbocycles. The monoisotopic (exact) mass is 329 g/mol. The van der Waals surface area contributed by atoms with E-state index >= 15 is 0 Å². The molecule has 0 radical (unpaired) electrons. The molecule has 7 nitrogen and oxygen atoms in total. The first kappa shape index (κ1) is 16.3. The second-order valence-electron chi connectivity index (χ2n) is 6.13. The first-order chi connectivity index (χ1) is 11.5. The van der Waals surface area contributed by atoms with Gasteiger partial charge in [-0.05, 0) is 45.7 Å². The fourth-order valence-electron chi connectivity index (χ4n) is 3.33. The van der Waals surface area contributed by atoms with Gasteiger partial charge in [-0.15, -0.1) is 0 Å². The van der Waals surface area contributed by atoms with Gasteiger partial charge in [0.25, 0.3) is 0 Å². The zero-order chi connectivity index (χ0) is 17.3. The van der Waals surface area contributed by atoms with Crippen molar-refractivity contribution in [2.24, 2.45) is 0 Å². The summed E-state index contributed by atoms with van der Waals surface area (Å²) in [6.45, 7) is 6.56. The van der Waals surface area contributed by atoms with Crippen molar-refractivity contribution in [2.75, 3.05) is 19.0 Å². The number of likely N-dealkylation sites (tertiary alicyclic amines) is 1. The van der Waals surface area contributed by atoms with Crippen molar-refractivity contribution in [1.82, 2.24) is 20.1 Å². The van der Waals surface area contributed by atoms with E-state index in [0.717, 1.165) is 35.5 Å². The summed E-state index contributed by atoms with van der Waals surface area (Å²) in [7, 11) is 1.57. The maximum absolute atomic E-state index is 12.8. The number of anilines is 1. The molecule has 1 saturated heterocycles. The number of nitrogens with one attached hydrogen (secondary N) is 2. The topological polar surface area (TPSA) is 83.1 Å². The van der Waals surface area contributed by atoms with Crippen LogP contribution in [0.4, 0.5) is 10.6 Å². The first-order valence-corrected chi connectivity index (χ1v) is 8.12. The number of rotatable bonds is 3. The molecule has 3 heterocycles. The number of hydrogen-bond donors (Lipinski definition) is 2. The Morgan fingerprint density at radius 1 is 1.38 bits per heavy atom. The lowest BCUT2D eigenvalue weighted by Gasteiger charge is -2.25. The summed E-state index contributed by atoms with van der Waals surface area (Å²) in [5, 5.41) is 10.2. The minimum Gasteiger partial charge on any atom is -0.493 e. The Hall–Kier alpha value is -2.57. The molecule has 24 heavy (non-hydrogen) atoms. The number of nitrogens with zero attached hydrogens (tertiary/aromatic N) is 3. The normalized spacial score (nSPS) is 17.2. The molecule has 2 aromatic heterocycles. The molecule has 1 atom stereocenters. The van der Waals surface area contributed by atoms with Crippen LogP contribution in [0.25, 0.3) is 0 Å². The Bertz CT molecular complexity index is 736. The number of hydrogen-bond acceptors (Lipinski definition) is 4. The van der Waals surface area contributed by atoms with Gasteiger partial charge in [-0.2, -0.15) is 5.10 Å². The van der Waals surface area contributed by atoms with Crippen molar-refractivity contribution in [2.45, 2.75) is 39.7 Å². The van der Waals surface area contributed by atoms with Crippen molar-refractivity contribution in [3.8, 4) is 5.75 Å². The zero-order valence-electron chi connectivity index (χ0n) is 14.5. The Morgan fingerprint density at radius 2 is 2.17 bits per heavy atom. The van der Waals surface area contributed by atoms with Gasteiger partial charge in [-0.1, -0.05) is 0 Å². The zero-order valence-corrected chi connectivity index (χ0v) is 14.5. The van der Waals surface area contributed by atoms with Crippen LogP contribution in [0.5, 0.6) is 5.75 Å². The first-order valence-electron chi connectivity index (χ1n) is 8.12. The average molecular weight is 329 g/mol. The molecule has 0 unspecified atom stereocenters. The maximum atomic E-state index is 12.8. The molecule has 3 rings (SSSR count). The molecular weight excluding hydrogens is 306 g/mol. The molecule has 0 spiro atoms. The number of carbonyl (C=O) groups is 1. The molecule has 2 amide bonds. The molecule has 0 bridgehead atoms. The number of aryl methyl sites for hydroxylation is 3. The van der Waals surface area contributed by atoms with Crippen LogP contribution in [0.3, 0.4) is 0 Å². The standard InChI is InChI=1S/C17H23N5O2/c1-10-7-8-14(24-4)16(18-10)19-17(23)22-9-5-6-13(22)15-11(2)20-21-12(15)3/h7-8,13H,5-6,9H2,1-4H3,(H,20,21)(H,18,19,23)/t13-/m1/s1. The van der Waals surface area contributed by atoms with Crippen LogP contribution in [-0.2, 0) is 0 Å². The number of carbonyl (C=O) groups excluding carboxylic acids is 1. The van der Waals surface area contributed by atoms with Gasteiger partial charge in [0.15, 0.2) is 11.6 Å². The second kappa shape index (κ2) is 6.51. The molecule has 1 fully saturated rings. The van der Waals surface area contributed by atoms with Crippen LogP contribution in [-0.4, -0.2) is 39.8 Å². The Balaban J connectivity index is 1.83. The van der Waals surface area contributed by atoms with Gasteiger partial charge in [0, 0.05) is 23.5 Å². The summed E-state index contributed by atoms with van der Waals surface area (Å²) in [4.78, 5) is 19.0. The van der Waals surface area contributed by atoms with E-state index in [2.05, 4.69) is 20.5 Å². The van der Waals surface area contributed by atoms with E-state index in [9.17, 15) is 4.79 Å². The molecule has 7 heteroatoms. The lowest BCUT2D eigenvalue weighted by molar-refractivity contribution is 0.206. The van der Waals surface area contributed by atoms with E-state index in [0.29, 0.717) is 18.1 Å². The summed E-state index contributed by atoms with van der Waals surface area (Å²) in [6.07, 6.45) is 1.91. The second-order valence-corrected chi connectivity index (χ2v) is 6.13. The van der Waals surface area contributed by atoms with E-state index in [-0.39, 0.29) is 12.1 Å². The Morgan fingerprint density at radius 3 is 2.83 bits per heavy atom. The Labute approximate surface area is 141 Å². The van der Waals surface area contributed by atoms with Gasteiger partial charge < -0.3 is 9.64 Å². The predicted octanol–water partition coefficient (Wildman–Crippen LogP) is 3.11.